The Hall–Kier alpha value is -0.990. The van der Waals surface area contributed by atoms with Crippen LogP contribution in [0, 0.1) is 5.92 Å². The van der Waals surface area contributed by atoms with Crippen LogP contribution in [-0.2, 0) is 6.54 Å². The van der Waals surface area contributed by atoms with E-state index in [9.17, 15) is 0 Å². The Kier molecular flexibility index (Phi) is 1.16. The van der Waals surface area contributed by atoms with E-state index in [0.29, 0.717) is 5.92 Å². The lowest BCUT2D eigenvalue weighted by Crippen LogP contribution is -2.23. The maximum absolute atomic E-state index is 5.38. The van der Waals surface area contributed by atoms with Crippen LogP contribution in [0.25, 0.3) is 0 Å². The molecule has 3 heteroatoms. The Morgan fingerprint density at radius 1 is 1.80 bits per heavy atom. The van der Waals surface area contributed by atoms with Crippen molar-refractivity contribution in [3.8, 4) is 5.88 Å². The van der Waals surface area contributed by atoms with E-state index in [2.05, 4.69) is 12.0 Å². The van der Waals surface area contributed by atoms with Crippen LogP contribution < -0.4 is 4.74 Å². The summed E-state index contributed by atoms with van der Waals surface area (Å²) < 4.78 is 7.27. The quantitative estimate of drug-likeness (QED) is 0.533. The zero-order valence-electron chi connectivity index (χ0n) is 5.95. The second-order valence-corrected chi connectivity index (χ2v) is 2.77. The maximum Gasteiger partial charge on any atom is 0.211 e. The van der Waals surface area contributed by atoms with Crippen molar-refractivity contribution < 1.29 is 4.74 Å². The molecule has 0 spiro atoms. The fraction of sp³-hybridized carbons (Fsp3) is 0.571. The van der Waals surface area contributed by atoms with E-state index < -0.39 is 0 Å². The second kappa shape index (κ2) is 2.01. The highest BCUT2D eigenvalue weighted by Gasteiger charge is 2.14. The van der Waals surface area contributed by atoms with Crippen LogP contribution in [0.3, 0.4) is 0 Å². The van der Waals surface area contributed by atoms with Gasteiger partial charge in [0.2, 0.25) is 5.88 Å². The second-order valence-electron chi connectivity index (χ2n) is 2.77. The van der Waals surface area contributed by atoms with Crippen molar-refractivity contribution in [1.29, 1.82) is 0 Å². The Labute approximate surface area is 59.6 Å². The summed E-state index contributed by atoms with van der Waals surface area (Å²) in [6.07, 6.45) is 1.77. The predicted molar refractivity (Wildman–Crippen MR) is 36.9 cm³/mol. The Morgan fingerprint density at radius 2 is 2.70 bits per heavy atom. The van der Waals surface area contributed by atoms with Gasteiger partial charge in [-0.15, -0.1) is 0 Å². The molecule has 10 heavy (non-hydrogen) atoms. The van der Waals surface area contributed by atoms with Crippen molar-refractivity contribution in [3.05, 3.63) is 12.3 Å². The third-order valence-electron chi connectivity index (χ3n) is 1.68. The van der Waals surface area contributed by atoms with E-state index >= 15 is 0 Å². The van der Waals surface area contributed by atoms with Gasteiger partial charge in [-0.05, 0) is 0 Å². The zero-order chi connectivity index (χ0) is 6.97. The standard InChI is InChI=1S/C7H10N2O/c1-6-4-9-7(10-5-6)2-3-8-9/h2-3,6H,4-5H2,1H3/t6-/m1/s1. The molecule has 0 unspecified atom stereocenters. The molecule has 1 aliphatic heterocycles. The molecular formula is C7H10N2O. The molecule has 3 nitrogen and oxygen atoms in total. The van der Waals surface area contributed by atoms with E-state index in [1.165, 1.54) is 0 Å². The highest BCUT2D eigenvalue weighted by molar-refractivity contribution is 5.09. The fourth-order valence-corrected chi connectivity index (χ4v) is 1.16. The third-order valence-corrected chi connectivity index (χ3v) is 1.68. The van der Waals surface area contributed by atoms with Gasteiger partial charge in [-0.2, -0.15) is 5.10 Å². The third kappa shape index (κ3) is 0.781. The van der Waals surface area contributed by atoms with Crippen LogP contribution in [0.5, 0.6) is 5.88 Å². The first kappa shape index (κ1) is 5.77. The molecule has 0 amide bonds. The van der Waals surface area contributed by atoms with Crippen molar-refractivity contribution >= 4 is 0 Å². The van der Waals surface area contributed by atoms with Crippen molar-refractivity contribution in [2.75, 3.05) is 6.61 Å². The molecule has 1 aromatic rings. The van der Waals surface area contributed by atoms with Gasteiger partial charge in [-0.1, -0.05) is 6.92 Å². The topological polar surface area (TPSA) is 27.1 Å². The van der Waals surface area contributed by atoms with E-state index in [1.807, 2.05) is 10.7 Å². The molecule has 0 fully saturated rings. The summed E-state index contributed by atoms with van der Waals surface area (Å²) in [7, 11) is 0. The van der Waals surface area contributed by atoms with Crippen molar-refractivity contribution in [1.82, 2.24) is 9.78 Å². The lowest BCUT2D eigenvalue weighted by atomic mass is 10.2. The molecule has 2 heterocycles. The Morgan fingerprint density at radius 3 is 3.60 bits per heavy atom. The monoisotopic (exact) mass is 138 g/mol. The van der Waals surface area contributed by atoms with E-state index in [0.717, 1.165) is 19.0 Å². The van der Waals surface area contributed by atoms with Gasteiger partial charge in [-0.25, -0.2) is 4.68 Å². The van der Waals surface area contributed by atoms with Gasteiger partial charge in [0.25, 0.3) is 0 Å². The summed E-state index contributed by atoms with van der Waals surface area (Å²) in [4.78, 5) is 0. The summed E-state index contributed by atoms with van der Waals surface area (Å²) in [6, 6.07) is 1.89. The van der Waals surface area contributed by atoms with Crippen LogP contribution >= 0.6 is 0 Å². The highest BCUT2D eigenvalue weighted by atomic mass is 16.5. The van der Waals surface area contributed by atoms with Crippen LogP contribution in [0.15, 0.2) is 12.3 Å². The number of hydrogen-bond acceptors (Lipinski definition) is 2. The summed E-state index contributed by atoms with van der Waals surface area (Å²) in [6.45, 7) is 3.97. The molecule has 0 aromatic carbocycles. The number of rotatable bonds is 0. The van der Waals surface area contributed by atoms with E-state index in [4.69, 9.17) is 4.74 Å². The minimum atomic E-state index is 0.590. The smallest absolute Gasteiger partial charge is 0.211 e. The van der Waals surface area contributed by atoms with Crippen LogP contribution in [0.1, 0.15) is 6.92 Å². The van der Waals surface area contributed by atoms with Crippen LogP contribution in [0.4, 0.5) is 0 Å². The molecule has 1 atom stereocenters. The molecule has 1 aliphatic rings. The SMILES string of the molecule is C[C@H]1COc2ccnn2C1. The van der Waals surface area contributed by atoms with Gasteiger partial charge in [-0.3, -0.25) is 0 Å². The summed E-state index contributed by atoms with van der Waals surface area (Å²) >= 11 is 0. The molecule has 0 radical (unpaired) electrons. The fourth-order valence-electron chi connectivity index (χ4n) is 1.16. The minimum absolute atomic E-state index is 0.590. The average molecular weight is 138 g/mol. The lowest BCUT2D eigenvalue weighted by Gasteiger charge is -2.20. The summed E-state index contributed by atoms with van der Waals surface area (Å²) in [5, 5.41) is 4.10. The lowest BCUT2D eigenvalue weighted by molar-refractivity contribution is 0.175. The van der Waals surface area contributed by atoms with Gasteiger partial charge < -0.3 is 4.74 Å². The molecule has 54 valence electrons. The van der Waals surface area contributed by atoms with Crippen molar-refractivity contribution in [2.45, 2.75) is 13.5 Å². The molecule has 0 aliphatic carbocycles. The molecule has 0 saturated carbocycles. The first-order chi connectivity index (χ1) is 4.86. The average Bonchev–Trinajstić information content (AvgIpc) is 2.33. The van der Waals surface area contributed by atoms with Gasteiger partial charge in [0, 0.05) is 12.0 Å². The molecule has 2 rings (SSSR count). The molecule has 0 saturated heterocycles. The van der Waals surface area contributed by atoms with Gasteiger partial charge in [0.15, 0.2) is 0 Å². The van der Waals surface area contributed by atoms with E-state index in [-0.39, 0.29) is 0 Å². The number of nitrogens with zero attached hydrogens (tertiary/aromatic N) is 2. The van der Waals surface area contributed by atoms with Crippen molar-refractivity contribution in [2.24, 2.45) is 5.92 Å². The summed E-state index contributed by atoms with van der Waals surface area (Å²) in [5.74, 6) is 1.49. The van der Waals surface area contributed by atoms with Crippen molar-refractivity contribution in [3.63, 3.8) is 0 Å². The van der Waals surface area contributed by atoms with Gasteiger partial charge in [0.1, 0.15) is 0 Å². The van der Waals surface area contributed by atoms with Gasteiger partial charge >= 0.3 is 0 Å². The molecule has 0 bridgehead atoms. The predicted octanol–water partition coefficient (Wildman–Crippen LogP) is 0.912. The Bertz CT molecular complexity index is 231. The first-order valence-corrected chi connectivity index (χ1v) is 3.51. The molecule has 0 N–H and O–H groups in total. The number of aromatic nitrogens is 2. The summed E-state index contributed by atoms with van der Waals surface area (Å²) in [5.41, 5.74) is 0. The number of fused-ring (bicyclic) bond motifs is 1. The molecule has 1 aromatic heterocycles. The Balaban J connectivity index is 2.30. The van der Waals surface area contributed by atoms with Crippen LogP contribution in [-0.4, -0.2) is 16.4 Å². The largest absolute Gasteiger partial charge is 0.477 e. The zero-order valence-corrected chi connectivity index (χ0v) is 5.95. The number of ether oxygens (including phenoxy) is 1. The normalized spacial score (nSPS) is 23.5. The maximum atomic E-state index is 5.38. The molecular weight excluding hydrogens is 128 g/mol. The van der Waals surface area contributed by atoms with Crippen LogP contribution in [0.2, 0.25) is 0 Å². The first-order valence-electron chi connectivity index (χ1n) is 3.51. The highest BCUT2D eigenvalue weighted by Crippen LogP contribution is 2.17. The number of hydrogen-bond donors (Lipinski definition) is 0. The van der Waals surface area contributed by atoms with Gasteiger partial charge in [0.05, 0.1) is 19.3 Å². The minimum Gasteiger partial charge on any atom is -0.477 e. The van der Waals surface area contributed by atoms with E-state index in [1.54, 1.807) is 6.20 Å².